The van der Waals surface area contributed by atoms with E-state index in [0.717, 1.165) is 49.5 Å². The Kier molecular flexibility index (Phi) is 8.44. The molecule has 0 bridgehead atoms. The molecule has 0 saturated carbocycles. The number of hydrogen-bond donors (Lipinski definition) is 1. The number of anilines is 1. The average molecular weight is 543 g/mol. The Labute approximate surface area is 225 Å². The zero-order valence-electron chi connectivity index (χ0n) is 22.9. The Morgan fingerprint density at radius 3 is 2.47 bits per heavy atom. The minimum atomic E-state index is -3.85. The Morgan fingerprint density at radius 2 is 1.84 bits per heavy atom. The van der Waals surface area contributed by atoms with Crippen LogP contribution in [0.5, 0.6) is 0 Å². The predicted octanol–water partition coefficient (Wildman–Crippen LogP) is 3.96. The first-order chi connectivity index (χ1) is 18.0. The zero-order valence-corrected chi connectivity index (χ0v) is 23.7. The van der Waals surface area contributed by atoms with E-state index in [1.54, 1.807) is 7.11 Å². The van der Waals surface area contributed by atoms with Crippen molar-refractivity contribution in [1.29, 1.82) is 0 Å². The van der Waals surface area contributed by atoms with Gasteiger partial charge in [-0.3, -0.25) is 9.10 Å². The van der Waals surface area contributed by atoms with Crippen molar-refractivity contribution in [1.82, 2.24) is 14.9 Å². The van der Waals surface area contributed by atoms with Gasteiger partial charge in [-0.05, 0) is 61.2 Å². The van der Waals surface area contributed by atoms with Crippen LogP contribution in [0.3, 0.4) is 0 Å². The first-order valence-corrected chi connectivity index (χ1v) is 14.4. The second-order valence-corrected chi connectivity index (χ2v) is 12.7. The quantitative estimate of drug-likeness (QED) is 0.411. The molecular formula is C28H38N4O5S. The lowest BCUT2D eigenvalue weighted by Crippen LogP contribution is -2.28. The molecule has 0 radical (unpaired) electrons. The van der Waals surface area contributed by atoms with Gasteiger partial charge in [0.05, 0.1) is 28.2 Å². The number of amides is 1. The number of ether oxygens (including phenoxy) is 2. The topological polar surface area (TPSA) is 103 Å². The van der Waals surface area contributed by atoms with Crippen LogP contribution in [-0.2, 0) is 31.5 Å². The lowest BCUT2D eigenvalue weighted by molar-refractivity contribution is 0.0611. The molecule has 1 amide bonds. The summed E-state index contributed by atoms with van der Waals surface area (Å²) in [6.07, 6.45) is 2.05. The minimum Gasteiger partial charge on any atom is -0.383 e. The maximum Gasteiger partial charge on any atom is 0.264 e. The van der Waals surface area contributed by atoms with Crippen LogP contribution in [0.25, 0.3) is 11.0 Å². The number of fused-ring (bicyclic) bond motifs is 1. The number of hydrogen-bond acceptors (Lipinski definition) is 6. The monoisotopic (exact) mass is 542 g/mol. The second kappa shape index (κ2) is 11.4. The third-order valence-corrected chi connectivity index (χ3v) is 8.71. The van der Waals surface area contributed by atoms with Crippen molar-refractivity contribution in [2.24, 2.45) is 5.92 Å². The predicted molar refractivity (Wildman–Crippen MR) is 148 cm³/mol. The highest BCUT2D eigenvalue weighted by atomic mass is 32.2. The molecule has 0 unspecified atom stereocenters. The van der Waals surface area contributed by atoms with Gasteiger partial charge >= 0.3 is 0 Å². The van der Waals surface area contributed by atoms with Crippen molar-refractivity contribution in [3.8, 4) is 0 Å². The number of nitrogens with one attached hydrogen (secondary N) is 1. The molecule has 9 nitrogen and oxygen atoms in total. The molecule has 4 rings (SSSR count). The molecule has 0 spiro atoms. The summed E-state index contributed by atoms with van der Waals surface area (Å²) in [4.78, 5) is 17.3. The minimum absolute atomic E-state index is 0.106. The van der Waals surface area contributed by atoms with E-state index in [0.29, 0.717) is 30.3 Å². The van der Waals surface area contributed by atoms with E-state index >= 15 is 0 Å². The Bertz CT molecular complexity index is 1370. The van der Waals surface area contributed by atoms with Crippen molar-refractivity contribution in [3.63, 3.8) is 0 Å². The number of methoxy groups -OCH3 is 1. The summed E-state index contributed by atoms with van der Waals surface area (Å²) in [5, 5.41) is 2.73. The molecule has 1 fully saturated rings. The van der Waals surface area contributed by atoms with E-state index in [9.17, 15) is 13.2 Å². The van der Waals surface area contributed by atoms with Crippen LogP contribution in [0.4, 0.5) is 5.69 Å². The molecule has 1 saturated heterocycles. The fourth-order valence-electron chi connectivity index (χ4n) is 4.70. The van der Waals surface area contributed by atoms with Crippen LogP contribution < -0.4 is 9.62 Å². The zero-order chi connectivity index (χ0) is 27.5. The Balaban J connectivity index is 1.60. The summed E-state index contributed by atoms with van der Waals surface area (Å²) >= 11 is 0. The highest BCUT2D eigenvalue weighted by Gasteiger charge is 2.27. The van der Waals surface area contributed by atoms with Crippen LogP contribution in [0.1, 0.15) is 49.8 Å². The van der Waals surface area contributed by atoms with Gasteiger partial charge < -0.3 is 19.4 Å². The molecule has 0 atom stereocenters. The van der Waals surface area contributed by atoms with Gasteiger partial charge in [0.2, 0.25) is 0 Å². The molecule has 38 heavy (non-hydrogen) atoms. The number of sulfonamides is 1. The van der Waals surface area contributed by atoms with Gasteiger partial charge in [0, 0.05) is 51.4 Å². The van der Waals surface area contributed by atoms with Crippen LogP contribution in [0, 0.1) is 5.92 Å². The molecule has 1 aromatic heterocycles. The van der Waals surface area contributed by atoms with Crippen LogP contribution in [-0.4, -0.2) is 64.4 Å². The molecule has 1 aliphatic rings. The highest BCUT2D eigenvalue weighted by molar-refractivity contribution is 7.92. The normalized spacial score (nSPS) is 15.1. The van der Waals surface area contributed by atoms with E-state index in [2.05, 4.69) is 30.7 Å². The number of nitrogens with zero attached hydrogens (tertiary/aromatic N) is 3. The number of carbonyl (C=O) groups excluding carboxylic acids is 1. The lowest BCUT2D eigenvalue weighted by atomic mass is 9.94. The van der Waals surface area contributed by atoms with E-state index < -0.39 is 10.0 Å². The average Bonchev–Trinajstić information content (AvgIpc) is 3.27. The van der Waals surface area contributed by atoms with Gasteiger partial charge in [0.15, 0.2) is 0 Å². The van der Waals surface area contributed by atoms with Gasteiger partial charge in [0.1, 0.15) is 5.82 Å². The molecule has 10 heteroatoms. The number of aromatic nitrogens is 2. The first kappa shape index (κ1) is 28.1. The molecule has 206 valence electrons. The number of imidazole rings is 1. The fourth-order valence-corrected chi connectivity index (χ4v) is 5.89. The fraction of sp³-hybridized carbons (Fsp3) is 0.500. The largest absolute Gasteiger partial charge is 0.383 e. The molecule has 1 N–H and O–H groups in total. The summed E-state index contributed by atoms with van der Waals surface area (Å²) in [6, 6.07) is 11.6. The molecule has 0 aliphatic carbocycles. The molecule has 2 aromatic carbocycles. The Morgan fingerprint density at radius 1 is 1.16 bits per heavy atom. The van der Waals surface area contributed by atoms with Crippen molar-refractivity contribution in [3.05, 3.63) is 53.9 Å². The van der Waals surface area contributed by atoms with Crippen LogP contribution in [0.15, 0.2) is 47.4 Å². The lowest BCUT2D eigenvalue weighted by Gasteiger charge is -2.26. The standard InChI is InChI=1S/C28H38N4O5S/c1-28(2,3)27-30-24-18-22(8-11-25(24)32(27)19-20-12-15-37-16-13-20)31(4)38(34,35)23-9-6-21(7-10-23)26(33)29-14-17-36-5/h6-11,18,20H,12-17,19H2,1-5H3,(H,29,33). The maximum atomic E-state index is 13.4. The van der Waals surface area contributed by atoms with E-state index in [4.69, 9.17) is 14.5 Å². The van der Waals surface area contributed by atoms with Crippen LogP contribution in [0.2, 0.25) is 0 Å². The van der Waals surface area contributed by atoms with E-state index in [-0.39, 0.29) is 16.2 Å². The van der Waals surface area contributed by atoms with Gasteiger partial charge in [-0.1, -0.05) is 20.8 Å². The highest BCUT2D eigenvalue weighted by Crippen LogP contribution is 2.32. The van der Waals surface area contributed by atoms with Crippen LogP contribution >= 0.6 is 0 Å². The number of benzene rings is 2. The van der Waals surface area contributed by atoms with Gasteiger partial charge in [0.25, 0.3) is 15.9 Å². The Hall–Kier alpha value is -2.95. The van der Waals surface area contributed by atoms with E-state index in [1.807, 2.05) is 18.2 Å². The first-order valence-electron chi connectivity index (χ1n) is 13.0. The van der Waals surface area contributed by atoms with Crippen molar-refractivity contribution < 1.29 is 22.7 Å². The molecule has 3 aromatic rings. The summed E-state index contributed by atoms with van der Waals surface area (Å²) < 4.78 is 40.9. The molecular weight excluding hydrogens is 504 g/mol. The SMILES string of the molecule is COCCNC(=O)c1ccc(S(=O)(=O)N(C)c2ccc3c(c2)nc(C(C)(C)C)n3CC2CCOCC2)cc1. The van der Waals surface area contributed by atoms with Crippen molar-refractivity contribution >= 4 is 32.7 Å². The van der Waals surface area contributed by atoms with Gasteiger partial charge in [-0.15, -0.1) is 0 Å². The van der Waals surface area contributed by atoms with Gasteiger partial charge in [-0.2, -0.15) is 0 Å². The summed E-state index contributed by atoms with van der Waals surface area (Å²) in [5.74, 6) is 1.23. The van der Waals surface area contributed by atoms with Crippen molar-refractivity contribution in [2.75, 3.05) is 44.8 Å². The maximum absolute atomic E-state index is 13.4. The van der Waals surface area contributed by atoms with Gasteiger partial charge in [-0.25, -0.2) is 13.4 Å². The second-order valence-electron chi connectivity index (χ2n) is 10.8. The third-order valence-electron chi connectivity index (χ3n) is 6.91. The molecule has 2 heterocycles. The van der Waals surface area contributed by atoms with Crippen molar-refractivity contribution in [2.45, 2.75) is 50.5 Å². The summed E-state index contributed by atoms with van der Waals surface area (Å²) in [6.45, 7) is 9.66. The number of carbonyl (C=O) groups is 1. The number of rotatable bonds is 9. The van der Waals surface area contributed by atoms with E-state index in [1.165, 1.54) is 35.6 Å². The molecule has 1 aliphatic heterocycles. The summed E-state index contributed by atoms with van der Waals surface area (Å²) in [5.41, 5.74) is 2.51. The summed E-state index contributed by atoms with van der Waals surface area (Å²) in [7, 11) is -0.754. The smallest absolute Gasteiger partial charge is 0.264 e. The third kappa shape index (κ3) is 6.03.